The number of hydrogen-bond donors (Lipinski definition) is 0. The number of thiophene rings is 1. The average Bonchev–Trinajstić information content (AvgIpc) is 3.02. The van der Waals surface area contributed by atoms with Crippen LogP contribution in [0.15, 0.2) is 52.1 Å². The molecular weight excluding hydrogens is 396 g/mol. The number of fused-ring (bicyclic) bond motifs is 1. The molecule has 4 rings (SSSR count). The quantitative estimate of drug-likeness (QED) is 0.488. The van der Waals surface area contributed by atoms with Crippen LogP contribution in [0.1, 0.15) is 27.1 Å². The van der Waals surface area contributed by atoms with Crippen LogP contribution >= 0.6 is 11.3 Å². The van der Waals surface area contributed by atoms with Crippen LogP contribution in [0.3, 0.4) is 0 Å². The summed E-state index contributed by atoms with van der Waals surface area (Å²) >= 11 is 1.50. The van der Waals surface area contributed by atoms with E-state index < -0.39 is 0 Å². The molecule has 0 aliphatic carbocycles. The van der Waals surface area contributed by atoms with Gasteiger partial charge in [0.1, 0.15) is 10.6 Å². The molecule has 0 amide bonds. The fourth-order valence-electron chi connectivity index (χ4n) is 3.71. The van der Waals surface area contributed by atoms with Crippen molar-refractivity contribution in [3.05, 3.63) is 90.4 Å². The van der Waals surface area contributed by atoms with Crippen LogP contribution in [0.5, 0.6) is 5.75 Å². The van der Waals surface area contributed by atoms with Gasteiger partial charge in [0.05, 0.1) is 24.7 Å². The van der Waals surface area contributed by atoms with E-state index in [1.54, 1.807) is 35.9 Å². The Bertz CT molecular complexity index is 1390. The van der Waals surface area contributed by atoms with Crippen LogP contribution in [-0.2, 0) is 6.54 Å². The molecule has 0 bridgehead atoms. The van der Waals surface area contributed by atoms with Crippen molar-refractivity contribution in [2.45, 2.75) is 34.2 Å². The second kappa shape index (κ2) is 7.61. The molecule has 4 aromatic rings. The molecule has 0 unspecified atom stereocenters. The van der Waals surface area contributed by atoms with E-state index >= 15 is 0 Å². The Morgan fingerprint density at radius 1 is 1.00 bits per heavy atom. The number of hydrogen-bond acceptors (Lipinski definition) is 4. The Balaban J connectivity index is 2.07. The van der Waals surface area contributed by atoms with Crippen molar-refractivity contribution in [3.8, 4) is 11.4 Å². The average molecular weight is 421 g/mol. The Labute approximate surface area is 178 Å². The molecule has 0 spiro atoms. The number of aryl methyl sites for hydroxylation is 4. The van der Waals surface area contributed by atoms with Gasteiger partial charge in [0.2, 0.25) is 0 Å². The highest BCUT2D eigenvalue weighted by atomic mass is 32.1. The van der Waals surface area contributed by atoms with Gasteiger partial charge >= 0.3 is 5.69 Å². The van der Waals surface area contributed by atoms with Crippen molar-refractivity contribution < 1.29 is 4.74 Å². The third kappa shape index (κ3) is 3.27. The fraction of sp³-hybridized carbons (Fsp3) is 0.250. The molecule has 2 aromatic heterocycles. The highest BCUT2D eigenvalue weighted by Crippen LogP contribution is 2.28. The van der Waals surface area contributed by atoms with Gasteiger partial charge in [-0.1, -0.05) is 29.8 Å². The first-order valence-corrected chi connectivity index (χ1v) is 10.6. The minimum atomic E-state index is -0.345. The van der Waals surface area contributed by atoms with Gasteiger partial charge in [0.25, 0.3) is 5.56 Å². The predicted octanol–water partition coefficient (Wildman–Crippen LogP) is 4.50. The lowest BCUT2D eigenvalue weighted by Crippen LogP contribution is -2.39. The number of benzene rings is 2. The van der Waals surface area contributed by atoms with E-state index in [4.69, 9.17) is 4.74 Å². The van der Waals surface area contributed by atoms with Gasteiger partial charge in [-0.15, -0.1) is 11.3 Å². The highest BCUT2D eigenvalue weighted by Gasteiger charge is 2.20. The molecule has 0 N–H and O–H groups in total. The molecule has 0 fully saturated rings. The summed E-state index contributed by atoms with van der Waals surface area (Å²) < 4.78 is 8.29. The number of nitrogens with zero attached hydrogens (tertiary/aromatic N) is 2. The monoisotopic (exact) mass is 420 g/mol. The van der Waals surface area contributed by atoms with Crippen molar-refractivity contribution in [2.75, 3.05) is 7.11 Å². The third-order valence-electron chi connectivity index (χ3n) is 5.60. The van der Waals surface area contributed by atoms with Crippen LogP contribution in [0.4, 0.5) is 0 Å². The zero-order chi connectivity index (χ0) is 21.6. The maximum atomic E-state index is 13.6. The van der Waals surface area contributed by atoms with Crippen molar-refractivity contribution in [3.63, 3.8) is 0 Å². The molecule has 2 heterocycles. The maximum Gasteiger partial charge on any atom is 0.337 e. The maximum absolute atomic E-state index is 13.6. The first-order chi connectivity index (χ1) is 14.3. The molecule has 0 radical (unpaired) electrons. The van der Waals surface area contributed by atoms with Crippen LogP contribution in [0.25, 0.3) is 15.9 Å². The SMILES string of the molecule is COc1cccc(-n2c(=O)c3c(C)c(C)sc3n(Cc3cc(C)ccc3C)c2=O)c1. The Morgan fingerprint density at radius 3 is 2.50 bits per heavy atom. The molecule has 2 aromatic carbocycles. The first kappa shape index (κ1) is 20.2. The summed E-state index contributed by atoms with van der Waals surface area (Å²) in [6, 6.07) is 13.3. The van der Waals surface area contributed by atoms with Gasteiger partial charge in [-0.05, 0) is 56.5 Å². The van der Waals surface area contributed by atoms with Gasteiger partial charge in [0.15, 0.2) is 0 Å². The zero-order valence-corrected chi connectivity index (χ0v) is 18.6. The molecular formula is C24H24N2O3S. The largest absolute Gasteiger partial charge is 0.497 e. The molecule has 0 aliphatic heterocycles. The molecule has 0 saturated heterocycles. The number of methoxy groups -OCH3 is 1. The summed E-state index contributed by atoms with van der Waals surface area (Å²) in [4.78, 5) is 28.8. The predicted molar refractivity (Wildman–Crippen MR) is 123 cm³/mol. The topological polar surface area (TPSA) is 53.2 Å². The summed E-state index contributed by atoms with van der Waals surface area (Å²) in [5.74, 6) is 0.596. The van der Waals surface area contributed by atoms with E-state index in [2.05, 4.69) is 18.2 Å². The summed E-state index contributed by atoms with van der Waals surface area (Å²) in [6.45, 7) is 8.42. The first-order valence-electron chi connectivity index (χ1n) is 9.78. The van der Waals surface area contributed by atoms with Gasteiger partial charge in [-0.3, -0.25) is 9.36 Å². The van der Waals surface area contributed by atoms with Crippen molar-refractivity contribution in [2.24, 2.45) is 0 Å². The van der Waals surface area contributed by atoms with Crippen LogP contribution in [0, 0.1) is 27.7 Å². The Morgan fingerprint density at radius 2 is 1.77 bits per heavy atom. The summed E-state index contributed by atoms with van der Waals surface area (Å²) in [6.07, 6.45) is 0. The summed E-state index contributed by atoms with van der Waals surface area (Å²) in [7, 11) is 1.57. The number of rotatable bonds is 4. The van der Waals surface area contributed by atoms with Gasteiger partial charge in [-0.25, -0.2) is 9.36 Å². The zero-order valence-electron chi connectivity index (χ0n) is 17.8. The molecule has 6 heteroatoms. The lowest BCUT2D eigenvalue weighted by atomic mass is 10.1. The lowest BCUT2D eigenvalue weighted by Gasteiger charge is -2.14. The molecule has 154 valence electrons. The second-order valence-corrected chi connectivity index (χ2v) is 8.81. The molecule has 0 aliphatic rings. The minimum absolute atomic E-state index is 0.290. The van der Waals surface area contributed by atoms with Crippen LogP contribution in [0.2, 0.25) is 0 Å². The van der Waals surface area contributed by atoms with E-state index in [0.717, 1.165) is 32.0 Å². The fourth-order valence-corrected chi connectivity index (χ4v) is 4.86. The smallest absolute Gasteiger partial charge is 0.337 e. The third-order valence-corrected chi connectivity index (χ3v) is 6.83. The molecule has 5 nitrogen and oxygen atoms in total. The van der Waals surface area contributed by atoms with E-state index in [9.17, 15) is 9.59 Å². The normalized spacial score (nSPS) is 11.2. The van der Waals surface area contributed by atoms with Crippen LogP contribution < -0.4 is 16.0 Å². The van der Waals surface area contributed by atoms with E-state index in [1.165, 1.54) is 15.9 Å². The van der Waals surface area contributed by atoms with Crippen molar-refractivity contribution in [1.29, 1.82) is 0 Å². The summed E-state index contributed by atoms with van der Waals surface area (Å²) in [5.41, 5.74) is 4.11. The van der Waals surface area contributed by atoms with Gasteiger partial charge in [-0.2, -0.15) is 0 Å². The van der Waals surface area contributed by atoms with Crippen molar-refractivity contribution in [1.82, 2.24) is 9.13 Å². The standard InChI is InChI=1S/C24H24N2O3S/c1-14-9-10-15(2)18(11-14)13-25-23-21(16(3)17(4)30-23)22(27)26(24(25)28)19-7-6-8-20(12-19)29-5/h6-12H,13H2,1-5H3. The lowest BCUT2D eigenvalue weighted by molar-refractivity contribution is 0.414. The molecule has 0 saturated carbocycles. The number of aromatic nitrogens is 2. The highest BCUT2D eigenvalue weighted by molar-refractivity contribution is 7.18. The van der Waals surface area contributed by atoms with E-state index in [1.807, 2.05) is 27.7 Å². The Kier molecular flexibility index (Phi) is 5.12. The van der Waals surface area contributed by atoms with Gasteiger partial charge < -0.3 is 4.74 Å². The Hall–Kier alpha value is -3.12. The minimum Gasteiger partial charge on any atom is -0.497 e. The van der Waals surface area contributed by atoms with Crippen molar-refractivity contribution >= 4 is 21.6 Å². The van der Waals surface area contributed by atoms with E-state index in [0.29, 0.717) is 23.4 Å². The van der Waals surface area contributed by atoms with Crippen LogP contribution in [-0.4, -0.2) is 16.2 Å². The number of ether oxygens (including phenoxy) is 1. The molecule has 0 atom stereocenters. The molecule has 30 heavy (non-hydrogen) atoms. The van der Waals surface area contributed by atoms with E-state index in [-0.39, 0.29) is 11.2 Å². The summed E-state index contributed by atoms with van der Waals surface area (Å²) in [5, 5.41) is 0.602. The van der Waals surface area contributed by atoms with Gasteiger partial charge in [0, 0.05) is 10.9 Å². The second-order valence-electron chi connectivity index (χ2n) is 7.60.